The number of halogens is 2. The monoisotopic (exact) mass is 322 g/mol. The molecule has 0 saturated carbocycles. The van der Waals surface area contributed by atoms with E-state index in [0.29, 0.717) is 22.3 Å². The first-order valence-corrected chi connectivity index (χ1v) is 6.61. The van der Waals surface area contributed by atoms with Crippen LogP contribution in [-0.4, -0.2) is 15.6 Å². The summed E-state index contributed by atoms with van der Waals surface area (Å²) < 4.78 is 15.6. The van der Waals surface area contributed by atoms with E-state index in [1.165, 1.54) is 18.2 Å². The molecule has 0 spiro atoms. The number of aryl methyl sites for hydroxylation is 1. The molecule has 0 N–H and O–H groups in total. The topological polar surface area (TPSA) is 34.9 Å². The number of rotatable bonds is 4. The van der Waals surface area contributed by atoms with E-state index in [1.807, 2.05) is 6.92 Å². The van der Waals surface area contributed by atoms with E-state index in [2.05, 4.69) is 21.0 Å². The summed E-state index contributed by atoms with van der Waals surface area (Å²) in [5, 5.41) is 4.07. The number of nitrogens with zero attached hydrogens (tertiary/aromatic N) is 2. The van der Waals surface area contributed by atoms with Gasteiger partial charge < -0.3 is 0 Å². The molecule has 5 heteroatoms. The summed E-state index contributed by atoms with van der Waals surface area (Å²) in [5.74, 6) is -0.566. The van der Waals surface area contributed by atoms with Crippen molar-refractivity contribution >= 4 is 27.8 Å². The molecule has 0 amide bonds. The van der Waals surface area contributed by atoms with E-state index in [9.17, 15) is 9.18 Å². The van der Waals surface area contributed by atoms with Gasteiger partial charge >= 0.3 is 0 Å². The highest BCUT2D eigenvalue weighted by Gasteiger charge is 2.13. The molecule has 0 radical (unpaired) electrons. The second-order valence-corrected chi connectivity index (χ2v) is 4.73. The van der Waals surface area contributed by atoms with E-state index in [0.717, 1.165) is 0 Å². The average molecular weight is 323 g/mol. The van der Waals surface area contributed by atoms with Gasteiger partial charge in [0.2, 0.25) is 5.78 Å². The maximum absolute atomic E-state index is 13.4. The summed E-state index contributed by atoms with van der Waals surface area (Å²) in [5.41, 5.74) is 0.852. The minimum absolute atomic E-state index is 0.213. The molecule has 0 bridgehead atoms. The van der Waals surface area contributed by atoms with Crippen LogP contribution < -0.4 is 0 Å². The summed E-state index contributed by atoms with van der Waals surface area (Å²) >= 11 is 3.29. The lowest BCUT2D eigenvalue weighted by atomic mass is 10.1. The number of benzene rings is 1. The van der Waals surface area contributed by atoms with Crippen LogP contribution in [0.1, 0.15) is 23.0 Å². The number of carbonyl (C=O) groups excluding carboxylic acids is 1. The van der Waals surface area contributed by atoms with Crippen LogP contribution in [0.5, 0.6) is 0 Å². The molecule has 1 aromatic heterocycles. The second kappa shape index (κ2) is 5.93. The maximum atomic E-state index is 13.4. The number of carbonyl (C=O) groups is 1. The summed E-state index contributed by atoms with van der Waals surface area (Å²) in [6.45, 7) is 2.50. The lowest BCUT2D eigenvalue weighted by molar-refractivity contribution is 0.103. The summed E-state index contributed by atoms with van der Waals surface area (Å²) in [6.07, 6.45) is 4.40. The predicted molar refractivity (Wildman–Crippen MR) is 75.4 cm³/mol. The zero-order valence-corrected chi connectivity index (χ0v) is 11.9. The quantitative estimate of drug-likeness (QED) is 0.635. The highest BCUT2D eigenvalue weighted by atomic mass is 79.9. The van der Waals surface area contributed by atoms with E-state index in [1.54, 1.807) is 29.1 Å². The Bertz CT molecular complexity index is 634. The number of aromatic nitrogens is 2. The lowest BCUT2D eigenvalue weighted by Gasteiger charge is -2.01. The van der Waals surface area contributed by atoms with Gasteiger partial charge in [0.1, 0.15) is 11.5 Å². The lowest BCUT2D eigenvalue weighted by Crippen LogP contribution is -2.07. The Labute approximate surface area is 118 Å². The fourth-order valence-electron chi connectivity index (χ4n) is 1.70. The SMILES string of the molecule is CCn1ncc(Br)c1C(=O)/C=C/c1ccccc1F. The molecule has 0 saturated heterocycles. The summed E-state index contributed by atoms with van der Waals surface area (Å²) in [4.78, 5) is 12.1. The van der Waals surface area contributed by atoms with Crippen LogP contribution in [0.4, 0.5) is 4.39 Å². The van der Waals surface area contributed by atoms with Gasteiger partial charge in [-0.25, -0.2) is 4.39 Å². The molecule has 1 heterocycles. The first kappa shape index (κ1) is 13.7. The van der Waals surface area contributed by atoms with Crippen LogP contribution in [0.15, 0.2) is 41.0 Å². The van der Waals surface area contributed by atoms with Gasteiger partial charge in [-0.3, -0.25) is 9.48 Å². The molecule has 2 aromatic rings. The summed E-state index contributed by atoms with van der Waals surface area (Å²) in [7, 11) is 0. The van der Waals surface area contributed by atoms with Crippen molar-refractivity contribution in [3.63, 3.8) is 0 Å². The van der Waals surface area contributed by atoms with Gasteiger partial charge in [0, 0.05) is 12.1 Å². The average Bonchev–Trinajstić information content (AvgIpc) is 2.78. The third-order valence-corrected chi connectivity index (χ3v) is 3.23. The molecule has 0 fully saturated rings. The molecule has 0 atom stereocenters. The van der Waals surface area contributed by atoms with Gasteiger partial charge in [-0.2, -0.15) is 5.10 Å². The Morgan fingerprint density at radius 1 is 1.47 bits per heavy atom. The predicted octanol–water partition coefficient (Wildman–Crippen LogP) is 3.70. The zero-order valence-electron chi connectivity index (χ0n) is 10.3. The van der Waals surface area contributed by atoms with Crippen molar-refractivity contribution in [2.45, 2.75) is 13.5 Å². The van der Waals surface area contributed by atoms with E-state index < -0.39 is 0 Å². The van der Waals surface area contributed by atoms with Crippen LogP contribution in [0, 0.1) is 5.82 Å². The Morgan fingerprint density at radius 2 is 2.21 bits per heavy atom. The van der Waals surface area contributed by atoms with Crippen LogP contribution >= 0.6 is 15.9 Å². The molecule has 0 aliphatic rings. The van der Waals surface area contributed by atoms with Crippen molar-refractivity contribution in [3.8, 4) is 0 Å². The molecule has 98 valence electrons. The van der Waals surface area contributed by atoms with Crippen molar-refractivity contribution in [1.82, 2.24) is 9.78 Å². The molecule has 0 unspecified atom stereocenters. The number of hydrogen-bond donors (Lipinski definition) is 0. The molecule has 0 aliphatic carbocycles. The van der Waals surface area contributed by atoms with Crippen LogP contribution in [0.3, 0.4) is 0 Å². The maximum Gasteiger partial charge on any atom is 0.205 e. The van der Waals surface area contributed by atoms with Crippen molar-refractivity contribution < 1.29 is 9.18 Å². The van der Waals surface area contributed by atoms with Gasteiger partial charge in [0.05, 0.1) is 10.7 Å². The van der Waals surface area contributed by atoms with Crippen LogP contribution in [-0.2, 0) is 6.54 Å². The van der Waals surface area contributed by atoms with Crippen molar-refractivity contribution in [3.05, 3.63) is 58.1 Å². The van der Waals surface area contributed by atoms with E-state index in [4.69, 9.17) is 0 Å². The van der Waals surface area contributed by atoms with Crippen LogP contribution in [0.2, 0.25) is 0 Å². The third-order valence-electron chi connectivity index (χ3n) is 2.65. The standard InChI is InChI=1S/C14H12BrFN2O/c1-2-18-14(11(15)9-17-18)13(19)8-7-10-5-3-4-6-12(10)16/h3-9H,2H2,1H3/b8-7+. The van der Waals surface area contributed by atoms with Gasteiger partial charge in [-0.1, -0.05) is 18.2 Å². The van der Waals surface area contributed by atoms with Gasteiger partial charge in [0.25, 0.3) is 0 Å². The number of ketones is 1. The highest BCUT2D eigenvalue weighted by Crippen LogP contribution is 2.18. The first-order valence-electron chi connectivity index (χ1n) is 5.81. The minimum Gasteiger partial charge on any atom is -0.288 e. The molecule has 2 rings (SSSR count). The Balaban J connectivity index is 2.26. The fourth-order valence-corrected chi connectivity index (χ4v) is 2.19. The molecule has 3 nitrogen and oxygen atoms in total. The van der Waals surface area contributed by atoms with Crippen molar-refractivity contribution in [2.75, 3.05) is 0 Å². The fraction of sp³-hybridized carbons (Fsp3) is 0.143. The number of allylic oxidation sites excluding steroid dienone is 1. The smallest absolute Gasteiger partial charge is 0.205 e. The van der Waals surface area contributed by atoms with E-state index >= 15 is 0 Å². The van der Waals surface area contributed by atoms with Gasteiger partial charge in [0.15, 0.2) is 0 Å². The Morgan fingerprint density at radius 3 is 2.89 bits per heavy atom. The Kier molecular flexibility index (Phi) is 4.27. The second-order valence-electron chi connectivity index (χ2n) is 3.88. The highest BCUT2D eigenvalue weighted by molar-refractivity contribution is 9.10. The van der Waals surface area contributed by atoms with Crippen molar-refractivity contribution in [2.24, 2.45) is 0 Å². The summed E-state index contributed by atoms with van der Waals surface area (Å²) in [6, 6.07) is 6.30. The third kappa shape index (κ3) is 2.98. The number of hydrogen-bond acceptors (Lipinski definition) is 2. The van der Waals surface area contributed by atoms with Gasteiger partial charge in [-0.05, 0) is 41.1 Å². The van der Waals surface area contributed by atoms with Gasteiger partial charge in [-0.15, -0.1) is 0 Å². The molecule has 1 aromatic carbocycles. The first-order chi connectivity index (χ1) is 9.13. The minimum atomic E-state index is -0.352. The largest absolute Gasteiger partial charge is 0.288 e. The Hall–Kier alpha value is -1.75. The van der Waals surface area contributed by atoms with Crippen LogP contribution in [0.25, 0.3) is 6.08 Å². The molecular weight excluding hydrogens is 311 g/mol. The molecule has 19 heavy (non-hydrogen) atoms. The normalized spacial score (nSPS) is 11.1. The van der Waals surface area contributed by atoms with E-state index in [-0.39, 0.29) is 11.6 Å². The zero-order chi connectivity index (χ0) is 13.8. The molecule has 0 aliphatic heterocycles. The van der Waals surface area contributed by atoms with Crippen molar-refractivity contribution in [1.29, 1.82) is 0 Å². The molecular formula is C14H12BrFN2O.